The number of anilines is 2. The molecule has 2 aromatic rings. The minimum Gasteiger partial charge on any atom is -0.482 e. The van der Waals surface area contributed by atoms with Crippen molar-refractivity contribution in [2.45, 2.75) is 5.75 Å². The molecule has 0 aliphatic carbocycles. The summed E-state index contributed by atoms with van der Waals surface area (Å²) in [5.41, 5.74) is 3.02. The van der Waals surface area contributed by atoms with Gasteiger partial charge in [0, 0.05) is 23.1 Å². The molecule has 2 amide bonds. The van der Waals surface area contributed by atoms with E-state index in [2.05, 4.69) is 10.6 Å². The van der Waals surface area contributed by atoms with Gasteiger partial charge in [-0.15, -0.1) is 0 Å². The Morgan fingerprint density at radius 2 is 2.04 bits per heavy atom. The summed E-state index contributed by atoms with van der Waals surface area (Å²) < 4.78 is 5.34. The second-order valence-corrected chi connectivity index (χ2v) is 6.00. The zero-order valence-corrected chi connectivity index (χ0v) is 13.4. The number of benzene rings is 2. The van der Waals surface area contributed by atoms with Gasteiger partial charge in [0.2, 0.25) is 0 Å². The average Bonchev–Trinajstić information content (AvgIpc) is 2.56. The molecule has 1 heterocycles. The van der Waals surface area contributed by atoms with E-state index in [0.717, 1.165) is 5.75 Å². The molecule has 3 rings (SSSR count). The standard InChI is InChI=1S/C17H16N2O3S/c1-23-10-11-2-4-12(5-3-11)17(21)18-13-6-7-14-15(8-13)22-9-16(20)19-14/h2-8H,9-10H2,1H3,(H,18,21)(H,19,20). The fraction of sp³-hybridized carbons (Fsp3) is 0.176. The van der Waals surface area contributed by atoms with E-state index in [-0.39, 0.29) is 18.4 Å². The summed E-state index contributed by atoms with van der Waals surface area (Å²) in [5, 5.41) is 5.55. The van der Waals surface area contributed by atoms with Gasteiger partial charge in [-0.05, 0) is 36.1 Å². The molecule has 5 nitrogen and oxygen atoms in total. The van der Waals surface area contributed by atoms with Crippen molar-refractivity contribution < 1.29 is 14.3 Å². The lowest BCUT2D eigenvalue weighted by Crippen LogP contribution is -2.25. The van der Waals surface area contributed by atoms with Crippen molar-refractivity contribution in [2.75, 3.05) is 23.5 Å². The Morgan fingerprint density at radius 3 is 2.78 bits per heavy atom. The lowest BCUT2D eigenvalue weighted by molar-refractivity contribution is -0.118. The first-order chi connectivity index (χ1) is 11.2. The Labute approximate surface area is 138 Å². The van der Waals surface area contributed by atoms with Crippen LogP contribution >= 0.6 is 11.8 Å². The average molecular weight is 328 g/mol. The number of carbonyl (C=O) groups excluding carboxylic acids is 2. The van der Waals surface area contributed by atoms with Gasteiger partial charge in [0.25, 0.3) is 11.8 Å². The smallest absolute Gasteiger partial charge is 0.262 e. The highest BCUT2D eigenvalue weighted by molar-refractivity contribution is 7.97. The Balaban J connectivity index is 1.71. The number of hydrogen-bond acceptors (Lipinski definition) is 4. The van der Waals surface area contributed by atoms with Crippen LogP contribution in [0.25, 0.3) is 0 Å². The molecule has 23 heavy (non-hydrogen) atoms. The predicted molar refractivity (Wildman–Crippen MR) is 92.2 cm³/mol. The van der Waals surface area contributed by atoms with Gasteiger partial charge in [-0.1, -0.05) is 12.1 Å². The van der Waals surface area contributed by atoms with E-state index in [4.69, 9.17) is 4.74 Å². The quantitative estimate of drug-likeness (QED) is 0.905. The van der Waals surface area contributed by atoms with Gasteiger partial charge in [-0.3, -0.25) is 9.59 Å². The monoisotopic (exact) mass is 328 g/mol. The van der Waals surface area contributed by atoms with Crippen LogP contribution in [0.2, 0.25) is 0 Å². The lowest BCUT2D eigenvalue weighted by Gasteiger charge is -2.18. The first-order valence-corrected chi connectivity index (χ1v) is 8.51. The number of fused-ring (bicyclic) bond motifs is 1. The van der Waals surface area contributed by atoms with E-state index in [1.165, 1.54) is 5.56 Å². The zero-order chi connectivity index (χ0) is 16.2. The Morgan fingerprint density at radius 1 is 1.26 bits per heavy atom. The molecule has 0 bridgehead atoms. The number of rotatable bonds is 4. The van der Waals surface area contributed by atoms with E-state index >= 15 is 0 Å². The number of amides is 2. The molecule has 6 heteroatoms. The van der Waals surface area contributed by atoms with Crippen LogP contribution in [0.1, 0.15) is 15.9 Å². The fourth-order valence-corrected chi connectivity index (χ4v) is 2.80. The van der Waals surface area contributed by atoms with Crippen LogP contribution < -0.4 is 15.4 Å². The number of ether oxygens (including phenoxy) is 1. The second kappa shape index (κ2) is 6.75. The van der Waals surface area contributed by atoms with Crippen molar-refractivity contribution in [3.63, 3.8) is 0 Å². The maximum absolute atomic E-state index is 12.3. The lowest BCUT2D eigenvalue weighted by atomic mass is 10.1. The van der Waals surface area contributed by atoms with Crippen LogP contribution in [-0.2, 0) is 10.5 Å². The van der Waals surface area contributed by atoms with Gasteiger partial charge in [0.1, 0.15) is 5.75 Å². The largest absolute Gasteiger partial charge is 0.482 e. The van der Waals surface area contributed by atoms with Gasteiger partial charge in [0.05, 0.1) is 5.69 Å². The van der Waals surface area contributed by atoms with Gasteiger partial charge < -0.3 is 15.4 Å². The summed E-state index contributed by atoms with van der Waals surface area (Å²) in [5.74, 6) is 1.12. The van der Waals surface area contributed by atoms with Gasteiger partial charge in [-0.25, -0.2) is 0 Å². The Bertz CT molecular complexity index is 744. The molecule has 1 aliphatic rings. The molecule has 0 saturated carbocycles. The van der Waals surface area contributed by atoms with E-state index in [0.29, 0.717) is 22.7 Å². The van der Waals surface area contributed by atoms with E-state index in [1.807, 2.05) is 30.5 Å². The second-order valence-electron chi connectivity index (χ2n) is 5.13. The topological polar surface area (TPSA) is 67.4 Å². The van der Waals surface area contributed by atoms with Crippen molar-refractivity contribution in [3.8, 4) is 5.75 Å². The Kier molecular flexibility index (Phi) is 4.52. The van der Waals surface area contributed by atoms with Crippen molar-refractivity contribution in [1.82, 2.24) is 0 Å². The summed E-state index contributed by atoms with van der Waals surface area (Å²) in [7, 11) is 0. The first-order valence-electron chi connectivity index (χ1n) is 7.11. The van der Waals surface area contributed by atoms with Gasteiger partial charge in [-0.2, -0.15) is 11.8 Å². The summed E-state index contributed by atoms with van der Waals surface area (Å²) in [6, 6.07) is 12.7. The maximum Gasteiger partial charge on any atom is 0.262 e. The first kappa shape index (κ1) is 15.4. The summed E-state index contributed by atoms with van der Waals surface area (Å²) in [6.07, 6.45) is 2.04. The molecule has 1 aliphatic heterocycles. The summed E-state index contributed by atoms with van der Waals surface area (Å²) >= 11 is 1.74. The summed E-state index contributed by atoms with van der Waals surface area (Å²) in [6.45, 7) is -0.0126. The van der Waals surface area contributed by atoms with Gasteiger partial charge in [0.15, 0.2) is 6.61 Å². The molecule has 0 aromatic heterocycles. The third-order valence-corrected chi connectivity index (χ3v) is 4.02. The number of carbonyl (C=O) groups is 2. The van der Waals surface area contributed by atoms with Crippen LogP contribution in [0.4, 0.5) is 11.4 Å². The van der Waals surface area contributed by atoms with Crippen LogP contribution in [0.3, 0.4) is 0 Å². The SMILES string of the molecule is CSCc1ccc(C(=O)Nc2ccc3c(c2)OCC(=O)N3)cc1. The van der Waals surface area contributed by atoms with Crippen molar-refractivity contribution in [3.05, 3.63) is 53.6 Å². The van der Waals surface area contributed by atoms with Crippen LogP contribution in [0, 0.1) is 0 Å². The molecule has 118 valence electrons. The molecule has 0 saturated heterocycles. The van der Waals surface area contributed by atoms with E-state index in [1.54, 1.807) is 30.0 Å². The Hall–Kier alpha value is -2.47. The number of nitrogens with one attached hydrogen (secondary N) is 2. The highest BCUT2D eigenvalue weighted by atomic mass is 32.2. The van der Waals surface area contributed by atoms with Gasteiger partial charge >= 0.3 is 0 Å². The van der Waals surface area contributed by atoms with E-state index < -0.39 is 0 Å². The molecule has 0 fully saturated rings. The predicted octanol–water partition coefficient (Wildman–Crippen LogP) is 3.13. The minimum absolute atomic E-state index is 0.0126. The molecular formula is C17H16N2O3S. The van der Waals surface area contributed by atoms with Crippen LogP contribution in [-0.4, -0.2) is 24.7 Å². The molecule has 0 radical (unpaired) electrons. The highest BCUT2D eigenvalue weighted by Gasteiger charge is 2.16. The number of hydrogen-bond donors (Lipinski definition) is 2. The fourth-order valence-electron chi connectivity index (χ4n) is 2.27. The summed E-state index contributed by atoms with van der Waals surface area (Å²) in [4.78, 5) is 23.5. The van der Waals surface area contributed by atoms with Crippen molar-refractivity contribution in [2.24, 2.45) is 0 Å². The minimum atomic E-state index is -0.181. The molecule has 0 unspecified atom stereocenters. The third kappa shape index (κ3) is 3.65. The molecular weight excluding hydrogens is 312 g/mol. The third-order valence-electron chi connectivity index (χ3n) is 3.40. The molecule has 0 atom stereocenters. The zero-order valence-electron chi connectivity index (χ0n) is 12.6. The van der Waals surface area contributed by atoms with Crippen LogP contribution in [0.15, 0.2) is 42.5 Å². The molecule has 0 spiro atoms. The normalized spacial score (nSPS) is 12.8. The highest BCUT2D eigenvalue weighted by Crippen LogP contribution is 2.30. The van der Waals surface area contributed by atoms with Crippen LogP contribution in [0.5, 0.6) is 5.75 Å². The molecule has 2 aromatic carbocycles. The molecule has 2 N–H and O–H groups in total. The van der Waals surface area contributed by atoms with E-state index in [9.17, 15) is 9.59 Å². The number of thioether (sulfide) groups is 1. The van der Waals surface area contributed by atoms with Crippen molar-refractivity contribution in [1.29, 1.82) is 0 Å². The maximum atomic E-state index is 12.3. The van der Waals surface area contributed by atoms with Crippen molar-refractivity contribution >= 4 is 35.0 Å².